The van der Waals surface area contributed by atoms with E-state index in [9.17, 15) is 24.6 Å². The van der Waals surface area contributed by atoms with E-state index in [4.69, 9.17) is 10.5 Å². The first-order chi connectivity index (χ1) is 19.4. The molecule has 0 aliphatic carbocycles. The van der Waals surface area contributed by atoms with Crippen LogP contribution in [0, 0.1) is 5.41 Å². The van der Waals surface area contributed by atoms with E-state index in [1.807, 2.05) is 20.8 Å². The number of benzene rings is 2. The van der Waals surface area contributed by atoms with Gasteiger partial charge in [-0.25, -0.2) is 14.8 Å². The number of pyridine rings is 2. The van der Waals surface area contributed by atoms with Crippen molar-refractivity contribution < 1.29 is 29.3 Å². The van der Waals surface area contributed by atoms with Crippen LogP contribution in [0.25, 0.3) is 21.9 Å². The van der Waals surface area contributed by atoms with Crippen molar-refractivity contribution in [2.75, 3.05) is 24.8 Å². The molecule has 4 rings (SSSR count). The summed E-state index contributed by atoms with van der Waals surface area (Å²) in [6.07, 6.45) is 1.56. The third-order valence-electron chi connectivity index (χ3n) is 6.68. The number of carbonyl (C=O) groups excluding carboxylic acids is 2. The number of nitrogens with one attached hydrogen (secondary N) is 2. The molecule has 2 heterocycles. The minimum Gasteiger partial charge on any atom is -0.481 e. The van der Waals surface area contributed by atoms with Crippen LogP contribution in [0.3, 0.4) is 0 Å². The molecule has 0 aliphatic rings. The second kappa shape index (κ2) is 11.6. The number of methoxy groups -OCH3 is 1. The fraction of sp³-hybridized carbons (Fsp3) is 0.233. The quantitative estimate of drug-likeness (QED) is 0.214. The molecular formula is C30H31N5O6. The maximum Gasteiger partial charge on any atom is 0.336 e. The van der Waals surface area contributed by atoms with Gasteiger partial charge in [-0.15, -0.1) is 0 Å². The van der Waals surface area contributed by atoms with Crippen LogP contribution < -0.4 is 21.1 Å². The van der Waals surface area contributed by atoms with Crippen LogP contribution in [-0.4, -0.2) is 57.7 Å². The monoisotopic (exact) mass is 557 g/mol. The Morgan fingerprint density at radius 3 is 2.39 bits per heavy atom. The molecule has 4 aromatic rings. The maximum atomic E-state index is 13.5. The van der Waals surface area contributed by atoms with Gasteiger partial charge in [0.1, 0.15) is 11.5 Å². The molecule has 41 heavy (non-hydrogen) atoms. The average Bonchev–Trinajstić information content (AvgIpc) is 2.94. The molecule has 0 saturated carbocycles. The van der Waals surface area contributed by atoms with Crippen LogP contribution >= 0.6 is 0 Å². The highest BCUT2D eigenvalue weighted by atomic mass is 16.5. The normalized spacial score (nSPS) is 12.0. The van der Waals surface area contributed by atoms with Gasteiger partial charge in [0.05, 0.1) is 25.3 Å². The van der Waals surface area contributed by atoms with Gasteiger partial charge in [-0.05, 0) is 58.8 Å². The third-order valence-corrected chi connectivity index (χ3v) is 6.68. The van der Waals surface area contributed by atoms with Gasteiger partial charge < -0.3 is 31.3 Å². The van der Waals surface area contributed by atoms with Gasteiger partial charge in [-0.3, -0.25) is 9.59 Å². The zero-order chi connectivity index (χ0) is 29.9. The molecule has 212 valence electrons. The Labute approximate surface area is 236 Å². The number of nitrogens with two attached hydrogens (primary N) is 1. The number of fused-ring (bicyclic) bond motifs is 1. The van der Waals surface area contributed by atoms with Gasteiger partial charge in [-0.2, -0.15) is 0 Å². The van der Waals surface area contributed by atoms with Crippen molar-refractivity contribution in [1.29, 1.82) is 0 Å². The zero-order valence-corrected chi connectivity index (χ0v) is 23.1. The number of rotatable bonds is 8. The number of aromatic carboxylic acids is 1. The van der Waals surface area contributed by atoms with Crippen molar-refractivity contribution in [1.82, 2.24) is 15.3 Å². The number of nitrogens with zero attached hydrogens (tertiary/aromatic N) is 2. The molecule has 0 spiro atoms. The van der Waals surface area contributed by atoms with E-state index in [0.29, 0.717) is 11.5 Å². The molecule has 2 aromatic carbocycles. The molecule has 11 heteroatoms. The number of carboxylic acids is 1. The summed E-state index contributed by atoms with van der Waals surface area (Å²) in [5.41, 5.74) is 6.18. The fourth-order valence-electron chi connectivity index (χ4n) is 4.29. The number of amides is 2. The number of nitrogen functional groups attached to an aromatic ring is 1. The lowest BCUT2D eigenvalue weighted by molar-refractivity contribution is 0.0697. The minimum absolute atomic E-state index is 0.0773. The summed E-state index contributed by atoms with van der Waals surface area (Å²) in [5, 5.41) is 26.8. The SMILES string of the molecule is COc1ccc(-c2ccc(C(=O)N[C@H](CO)C(C)(C)C)cc2C(=O)O)c(C(=O)Nc2ccc3c(N)nccc3c2)n1. The topological polar surface area (TPSA) is 177 Å². The van der Waals surface area contributed by atoms with Crippen LogP contribution in [0.4, 0.5) is 11.5 Å². The minimum atomic E-state index is -1.30. The number of hydrogen-bond donors (Lipinski definition) is 5. The first-order valence-corrected chi connectivity index (χ1v) is 12.7. The summed E-state index contributed by atoms with van der Waals surface area (Å²) in [6.45, 7) is 5.33. The molecule has 0 unspecified atom stereocenters. The number of carboxylic acid groups (broad SMARTS) is 1. The van der Waals surface area contributed by atoms with Crippen LogP contribution in [-0.2, 0) is 0 Å². The first kappa shape index (κ1) is 29.0. The van der Waals surface area contributed by atoms with Crippen molar-refractivity contribution in [2.45, 2.75) is 26.8 Å². The van der Waals surface area contributed by atoms with Gasteiger partial charge >= 0.3 is 5.97 Å². The number of anilines is 2. The molecule has 0 saturated heterocycles. The van der Waals surface area contributed by atoms with E-state index in [0.717, 1.165) is 10.8 Å². The molecule has 0 aliphatic heterocycles. The number of aliphatic hydroxyl groups excluding tert-OH is 1. The van der Waals surface area contributed by atoms with E-state index in [1.54, 1.807) is 30.5 Å². The molecule has 11 nitrogen and oxygen atoms in total. The first-order valence-electron chi connectivity index (χ1n) is 12.7. The molecule has 6 N–H and O–H groups in total. The van der Waals surface area contributed by atoms with Crippen molar-refractivity contribution >= 4 is 40.1 Å². The molecule has 2 aromatic heterocycles. The Morgan fingerprint density at radius 1 is 1.00 bits per heavy atom. The highest BCUT2D eigenvalue weighted by molar-refractivity contribution is 6.10. The fourth-order valence-corrected chi connectivity index (χ4v) is 4.29. The highest BCUT2D eigenvalue weighted by Gasteiger charge is 2.27. The second-order valence-corrected chi connectivity index (χ2v) is 10.5. The Morgan fingerprint density at radius 2 is 1.73 bits per heavy atom. The number of ether oxygens (including phenoxy) is 1. The maximum absolute atomic E-state index is 13.5. The molecule has 2 amide bonds. The van der Waals surface area contributed by atoms with E-state index in [1.165, 1.54) is 37.4 Å². The Bertz CT molecular complexity index is 1650. The second-order valence-electron chi connectivity index (χ2n) is 10.5. The van der Waals surface area contributed by atoms with Crippen molar-refractivity contribution in [3.8, 4) is 17.0 Å². The van der Waals surface area contributed by atoms with E-state index in [2.05, 4.69) is 20.6 Å². The summed E-state index contributed by atoms with van der Waals surface area (Å²) >= 11 is 0. The predicted molar refractivity (Wildman–Crippen MR) is 155 cm³/mol. The average molecular weight is 558 g/mol. The number of aromatic nitrogens is 2. The van der Waals surface area contributed by atoms with Gasteiger partial charge in [0.25, 0.3) is 11.8 Å². The molecular weight excluding hydrogens is 526 g/mol. The predicted octanol–water partition coefficient (Wildman–Crippen LogP) is 3.97. The zero-order valence-electron chi connectivity index (χ0n) is 23.1. The van der Waals surface area contributed by atoms with E-state index >= 15 is 0 Å². The molecule has 0 bridgehead atoms. The Balaban J connectivity index is 1.73. The molecule has 0 fully saturated rings. The van der Waals surface area contributed by atoms with Crippen molar-refractivity contribution in [3.05, 3.63) is 77.6 Å². The lowest BCUT2D eigenvalue weighted by atomic mass is 9.87. The van der Waals surface area contributed by atoms with Gasteiger partial charge in [0.15, 0.2) is 0 Å². The molecule has 0 radical (unpaired) electrons. The summed E-state index contributed by atoms with van der Waals surface area (Å²) in [6, 6.07) is 13.6. The molecule has 1 atom stereocenters. The van der Waals surface area contributed by atoms with E-state index in [-0.39, 0.29) is 40.4 Å². The summed E-state index contributed by atoms with van der Waals surface area (Å²) in [4.78, 5) is 47.1. The van der Waals surface area contributed by atoms with Crippen molar-refractivity contribution in [2.24, 2.45) is 5.41 Å². The van der Waals surface area contributed by atoms with Crippen molar-refractivity contribution in [3.63, 3.8) is 0 Å². The Kier molecular flexibility index (Phi) is 8.20. The van der Waals surface area contributed by atoms with Crippen LogP contribution in [0.2, 0.25) is 0 Å². The summed E-state index contributed by atoms with van der Waals surface area (Å²) < 4.78 is 5.22. The van der Waals surface area contributed by atoms with Crippen LogP contribution in [0.5, 0.6) is 5.88 Å². The van der Waals surface area contributed by atoms with Gasteiger partial charge in [0.2, 0.25) is 5.88 Å². The lowest BCUT2D eigenvalue weighted by Gasteiger charge is -2.29. The summed E-state index contributed by atoms with van der Waals surface area (Å²) in [5.74, 6) is -1.92. The summed E-state index contributed by atoms with van der Waals surface area (Å²) in [7, 11) is 1.40. The smallest absolute Gasteiger partial charge is 0.336 e. The Hall–Kier alpha value is -5.03. The highest BCUT2D eigenvalue weighted by Crippen LogP contribution is 2.31. The largest absolute Gasteiger partial charge is 0.481 e. The van der Waals surface area contributed by atoms with Crippen LogP contribution in [0.15, 0.2) is 60.8 Å². The lowest BCUT2D eigenvalue weighted by Crippen LogP contribution is -2.46. The third kappa shape index (κ3) is 6.25. The number of hydrogen-bond acceptors (Lipinski definition) is 8. The van der Waals surface area contributed by atoms with Crippen LogP contribution in [0.1, 0.15) is 52.0 Å². The number of aliphatic hydroxyl groups is 1. The standard InChI is InChI=1S/C30H31N5O6/c1-30(2,3)23(15-36)34-27(37)17-5-7-20(22(14-17)29(39)40)21-9-10-24(41-4)35-25(21)28(38)33-18-6-8-19-16(13-18)11-12-32-26(19)31/h5-14,23,36H,15H2,1-4H3,(H2,31,32)(H,33,38)(H,34,37)(H,39,40)/t23-/m1/s1. The van der Waals surface area contributed by atoms with E-state index < -0.39 is 29.2 Å². The number of carbonyl (C=O) groups is 3. The van der Waals surface area contributed by atoms with Gasteiger partial charge in [-0.1, -0.05) is 26.8 Å². The van der Waals surface area contributed by atoms with Gasteiger partial charge in [0, 0.05) is 34.5 Å².